The van der Waals surface area contributed by atoms with Gasteiger partial charge in [0.25, 0.3) is 15.9 Å². The van der Waals surface area contributed by atoms with Crippen LogP contribution in [0.1, 0.15) is 10.4 Å². The van der Waals surface area contributed by atoms with Crippen LogP contribution in [0, 0.1) is 0 Å². The second-order valence-corrected chi connectivity index (χ2v) is 6.31. The molecule has 0 atom stereocenters. The van der Waals surface area contributed by atoms with Gasteiger partial charge in [-0.3, -0.25) is 10.2 Å². The van der Waals surface area contributed by atoms with Crippen LogP contribution in [0.15, 0.2) is 78.2 Å². The lowest BCUT2D eigenvalue weighted by molar-refractivity contribution is 0.0885. The van der Waals surface area contributed by atoms with E-state index in [2.05, 4.69) is 12.0 Å². The van der Waals surface area contributed by atoms with Gasteiger partial charge >= 0.3 is 0 Å². The van der Waals surface area contributed by atoms with Crippen molar-refractivity contribution in [1.82, 2.24) is 9.84 Å². The Bertz CT molecular complexity index is 743. The van der Waals surface area contributed by atoms with E-state index in [1.807, 2.05) is 0 Å². The highest BCUT2D eigenvalue weighted by Gasteiger charge is 2.25. The summed E-state index contributed by atoms with van der Waals surface area (Å²) in [6.45, 7) is 3.50. The van der Waals surface area contributed by atoms with E-state index in [-0.39, 0.29) is 11.4 Å². The van der Waals surface area contributed by atoms with Crippen LogP contribution in [0.4, 0.5) is 0 Å². The van der Waals surface area contributed by atoms with Crippen molar-refractivity contribution in [3.8, 4) is 0 Å². The molecule has 22 heavy (non-hydrogen) atoms. The van der Waals surface area contributed by atoms with Crippen LogP contribution in [0.5, 0.6) is 0 Å². The van der Waals surface area contributed by atoms with Gasteiger partial charge in [0.1, 0.15) is 0 Å². The molecule has 1 N–H and O–H groups in total. The Labute approximate surface area is 129 Å². The molecular formula is C16H16N2O3S. The zero-order chi connectivity index (χ0) is 16.0. The van der Waals surface area contributed by atoms with Gasteiger partial charge in [-0.2, -0.15) is 0 Å². The number of nitrogens with zero attached hydrogens (tertiary/aromatic N) is 1. The molecule has 6 heteroatoms. The molecule has 1 amide bonds. The Morgan fingerprint density at radius 3 is 2.14 bits per heavy atom. The maximum Gasteiger partial charge on any atom is 0.266 e. The second kappa shape index (κ2) is 7.02. The quantitative estimate of drug-likeness (QED) is 0.656. The molecule has 0 aliphatic rings. The largest absolute Gasteiger partial charge is 0.271 e. The summed E-state index contributed by atoms with van der Waals surface area (Å²) in [4.78, 5) is 12.3. The van der Waals surface area contributed by atoms with Gasteiger partial charge in [-0.15, -0.1) is 11.0 Å². The Balaban J connectivity index is 2.27. The van der Waals surface area contributed by atoms with Gasteiger partial charge in [0.2, 0.25) is 0 Å². The molecule has 0 unspecified atom stereocenters. The third-order valence-corrected chi connectivity index (χ3v) is 4.58. The molecule has 114 valence electrons. The number of amides is 1. The molecule has 2 aromatic carbocycles. The lowest BCUT2D eigenvalue weighted by Crippen LogP contribution is -2.46. The molecule has 0 saturated heterocycles. The molecule has 0 radical (unpaired) electrons. The van der Waals surface area contributed by atoms with Crippen LogP contribution in [-0.4, -0.2) is 25.3 Å². The minimum absolute atomic E-state index is 0.0319. The minimum atomic E-state index is -3.84. The van der Waals surface area contributed by atoms with Gasteiger partial charge < -0.3 is 0 Å². The van der Waals surface area contributed by atoms with Crippen LogP contribution >= 0.6 is 0 Å². The molecule has 0 aliphatic heterocycles. The molecule has 0 heterocycles. The zero-order valence-corrected chi connectivity index (χ0v) is 12.7. The molecule has 2 rings (SSSR count). The average molecular weight is 316 g/mol. The lowest BCUT2D eigenvalue weighted by atomic mass is 10.2. The predicted molar refractivity (Wildman–Crippen MR) is 84.4 cm³/mol. The molecular weight excluding hydrogens is 300 g/mol. The van der Waals surface area contributed by atoms with E-state index in [0.29, 0.717) is 5.56 Å². The second-order valence-electron chi connectivity index (χ2n) is 4.44. The van der Waals surface area contributed by atoms with Gasteiger partial charge in [-0.05, 0) is 24.3 Å². The van der Waals surface area contributed by atoms with Crippen LogP contribution in [0.3, 0.4) is 0 Å². The summed E-state index contributed by atoms with van der Waals surface area (Å²) >= 11 is 0. The maximum absolute atomic E-state index is 12.6. The lowest BCUT2D eigenvalue weighted by Gasteiger charge is -2.21. The molecule has 0 saturated carbocycles. The number of hydrazine groups is 1. The summed E-state index contributed by atoms with van der Waals surface area (Å²) in [6, 6.07) is 16.3. The highest BCUT2D eigenvalue weighted by molar-refractivity contribution is 7.89. The first kappa shape index (κ1) is 15.9. The van der Waals surface area contributed by atoms with E-state index < -0.39 is 15.9 Å². The monoisotopic (exact) mass is 316 g/mol. The van der Waals surface area contributed by atoms with E-state index in [9.17, 15) is 13.2 Å². The smallest absolute Gasteiger partial charge is 0.266 e. The first-order valence-corrected chi connectivity index (χ1v) is 8.04. The normalized spacial score (nSPS) is 11.1. The van der Waals surface area contributed by atoms with Gasteiger partial charge in [0.05, 0.1) is 11.4 Å². The third kappa shape index (κ3) is 3.60. The van der Waals surface area contributed by atoms with Crippen LogP contribution in [0.2, 0.25) is 0 Å². The van der Waals surface area contributed by atoms with Crippen LogP contribution < -0.4 is 5.43 Å². The molecule has 0 bridgehead atoms. The van der Waals surface area contributed by atoms with Crippen LogP contribution in [0.25, 0.3) is 0 Å². The highest BCUT2D eigenvalue weighted by Crippen LogP contribution is 2.13. The molecule has 0 spiro atoms. The van der Waals surface area contributed by atoms with Gasteiger partial charge in [0, 0.05) is 5.56 Å². The van der Waals surface area contributed by atoms with Crippen molar-refractivity contribution in [2.24, 2.45) is 0 Å². The third-order valence-electron chi connectivity index (χ3n) is 2.89. The predicted octanol–water partition coefficient (Wildman–Crippen LogP) is 2.21. The Kier molecular flexibility index (Phi) is 5.08. The fourth-order valence-corrected chi connectivity index (χ4v) is 3.07. The standard InChI is InChI=1S/C16H16N2O3S/c1-2-13-18(17-16(19)14-9-5-3-6-10-14)22(20,21)15-11-7-4-8-12-15/h2-12H,1,13H2,(H,17,19). The number of rotatable bonds is 6. The van der Waals surface area contributed by atoms with E-state index in [0.717, 1.165) is 4.41 Å². The molecule has 2 aromatic rings. The van der Waals surface area contributed by atoms with E-state index in [1.54, 1.807) is 48.5 Å². The Morgan fingerprint density at radius 2 is 1.59 bits per heavy atom. The summed E-state index contributed by atoms with van der Waals surface area (Å²) < 4.78 is 26.0. The average Bonchev–Trinajstić information content (AvgIpc) is 2.56. The topological polar surface area (TPSA) is 66.5 Å². The zero-order valence-electron chi connectivity index (χ0n) is 11.8. The molecule has 0 fully saturated rings. The minimum Gasteiger partial charge on any atom is -0.271 e. The van der Waals surface area contributed by atoms with Crippen molar-refractivity contribution in [3.05, 3.63) is 78.9 Å². The molecule has 5 nitrogen and oxygen atoms in total. The number of carbonyl (C=O) groups excluding carboxylic acids is 1. The Hall–Kier alpha value is -2.44. The van der Waals surface area contributed by atoms with Gasteiger partial charge in [0.15, 0.2) is 0 Å². The maximum atomic E-state index is 12.6. The van der Waals surface area contributed by atoms with Crippen molar-refractivity contribution in [1.29, 1.82) is 0 Å². The molecule has 0 aromatic heterocycles. The van der Waals surface area contributed by atoms with Gasteiger partial charge in [-0.1, -0.05) is 42.5 Å². The first-order valence-electron chi connectivity index (χ1n) is 6.60. The van der Waals surface area contributed by atoms with E-state index in [4.69, 9.17) is 0 Å². The van der Waals surface area contributed by atoms with E-state index in [1.165, 1.54) is 18.2 Å². The van der Waals surface area contributed by atoms with Crippen molar-refractivity contribution in [3.63, 3.8) is 0 Å². The van der Waals surface area contributed by atoms with Crippen LogP contribution in [-0.2, 0) is 10.0 Å². The number of hydrogen-bond acceptors (Lipinski definition) is 3. The SMILES string of the molecule is C=CCN(NC(=O)c1ccccc1)S(=O)(=O)c1ccccc1. The fraction of sp³-hybridized carbons (Fsp3) is 0.0625. The van der Waals surface area contributed by atoms with Crippen molar-refractivity contribution in [2.45, 2.75) is 4.90 Å². The number of hydrogen-bond donors (Lipinski definition) is 1. The molecule has 0 aliphatic carbocycles. The fourth-order valence-electron chi connectivity index (χ4n) is 1.81. The summed E-state index contributed by atoms with van der Waals surface area (Å²) in [5, 5.41) is 0. The Morgan fingerprint density at radius 1 is 1.05 bits per heavy atom. The highest BCUT2D eigenvalue weighted by atomic mass is 32.2. The summed E-state index contributed by atoms with van der Waals surface area (Å²) in [5.74, 6) is -0.498. The first-order chi connectivity index (χ1) is 10.6. The number of nitrogens with one attached hydrogen (secondary N) is 1. The van der Waals surface area contributed by atoms with E-state index >= 15 is 0 Å². The van der Waals surface area contributed by atoms with Gasteiger partial charge in [-0.25, -0.2) is 8.42 Å². The number of sulfonamides is 1. The summed E-state index contributed by atoms with van der Waals surface area (Å²) in [6.07, 6.45) is 1.41. The number of carbonyl (C=O) groups is 1. The van der Waals surface area contributed by atoms with Crippen molar-refractivity contribution >= 4 is 15.9 Å². The van der Waals surface area contributed by atoms with Crippen molar-refractivity contribution < 1.29 is 13.2 Å². The summed E-state index contributed by atoms with van der Waals surface area (Å²) in [5.41, 5.74) is 2.78. The van der Waals surface area contributed by atoms with Crippen molar-refractivity contribution in [2.75, 3.05) is 6.54 Å². The summed E-state index contributed by atoms with van der Waals surface area (Å²) in [7, 11) is -3.84. The number of benzene rings is 2.